The summed E-state index contributed by atoms with van der Waals surface area (Å²) in [6.45, 7) is 0. The van der Waals surface area contributed by atoms with Gasteiger partial charge < -0.3 is 0 Å². The highest BCUT2D eigenvalue weighted by atomic mass is 19.1. The second-order valence-electron chi connectivity index (χ2n) is 5.63. The largest absolute Gasteiger partial charge is 0.290 e. The van der Waals surface area contributed by atoms with E-state index in [4.69, 9.17) is 0 Å². The second kappa shape index (κ2) is 6.75. The summed E-state index contributed by atoms with van der Waals surface area (Å²) >= 11 is 0. The fourth-order valence-corrected chi connectivity index (χ4v) is 2.60. The second-order valence-corrected chi connectivity index (χ2v) is 5.63. The Morgan fingerprint density at radius 1 is 1.04 bits per heavy atom. The van der Waals surface area contributed by atoms with Crippen LogP contribution in [0.3, 0.4) is 0 Å². The van der Waals surface area contributed by atoms with Crippen LogP contribution in [-0.4, -0.2) is 25.5 Å². The first-order valence-corrected chi connectivity index (χ1v) is 7.98. The van der Waals surface area contributed by atoms with Crippen LogP contribution in [0.15, 0.2) is 71.9 Å². The number of aromatic nitrogens is 4. The van der Waals surface area contributed by atoms with Crippen molar-refractivity contribution in [2.24, 2.45) is 0 Å². The summed E-state index contributed by atoms with van der Waals surface area (Å²) in [6.07, 6.45) is 4.09. The van der Waals surface area contributed by atoms with E-state index in [0.717, 1.165) is 4.68 Å². The topological polar surface area (TPSA) is 89.8 Å². The number of hydrogen-bond acceptors (Lipinski definition) is 5. The molecule has 0 bridgehead atoms. The molecular weight excluding hydrogens is 349 g/mol. The Kier molecular flexibility index (Phi) is 4.13. The Hall–Kier alpha value is -3.94. The number of nitrogens with zero attached hydrogens (tertiary/aromatic N) is 4. The number of rotatable bonds is 3. The number of hydrogen-bond donors (Lipinski definition) is 1. The number of halogens is 1. The number of benzene rings is 2. The number of nitrogens with one attached hydrogen (secondary N) is 1. The van der Waals surface area contributed by atoms with Gasteiger partial charge in [-0.1, -0.05) is 12.1 Å². The molecule has 0 aliphatic heterocycles. The number of carbonyl (C=O) groups is 1. The normalized spacial score (nSPS) is 10.7. The van der Waals surface area contributed by atoms with Crippen LogP contribution >= 0.6 is 0 Å². The lowest BCUT2D eigenvalue weighted by atomic mass is 10.2. The Morgan fingerprint density at radius 2 is 1.81 bits per heavy atom. The third-order valence-corrected chi connectivity index (χ3v) is 3.89. The molecule has 0 spiro atoms. The van der Waals surface area contributed by atoms with Gasteiger partial charge in [0.15, 0.2) is 5.82 Å². The van der Waals surface area contributed by atoms with Crippen molar-refractivity contribution < 1.29 is 9.18 Å². The first-order valence-electron chi connectivity index (χ1n) is 7.98. The van der Waals surface area contributed by atoms with Gasteiger partial charge in [-0.3, -0.25) is 20.0 Å². The first kappa shape index (κ1) is 16.5. The molecule has 0 saturated heterocycles. The number of para-hydroxylation sites is 1. The maximum Gasteiger partial charge on any atom is 0.290 e. The molecule has 0 saturated carbocycles. The molecule has 132 valence electrons. The van der Waals surface area contributed by atoms with Crippen molar-refractivity contribution in [2.45, 2.75) is 0 Å². The molecule has 4 rings (SSSR count). The van der Waals surface area contributed by atoms with Crippen LogP contribution < -0.4 is 11.0 Å². The van der Waals surface area contributed by atoms with Gasteiger partial charge in [-0.25, -0.2) is 14.4 Å². The molecule has 0 atom stereocenters. The highest BCUT2D eigenvalue weighted by Gasteiger charge is 2.16. The molecule has 1 N–H and O–H groups in total. The van der Waals surface area contributed by atoms with E-state index < -0.39 is 17.3 Å². The third kappa shape index (κ3) is 3.15. The molecule has 2 aromatic heterocycles. The van der Waals surface area contributed by atoms with Gasteiger partial charge in [-0.2, -0.15) is 4.68 Å². The van der Waals surface area contributed by atoms with Crippen LogP contribution in [-0.2, 0) is 0 Å². The van der Waals surface area contributed by atoms with Gasteiger partial charge in [-0.15, -0.1) is 0 Å². The van der Waals surface area contributed by atoms with Crippen molar-refractivity contribution in [3.8, 4) is 11.4 Å². The minimum atomic E-state index is -0.620. The zero-order valence-corrected chi connectivity index (χ0v) is 13.8. The molecule has 0 aliphatic carbocycles. The highest BCUT2D eigenvalue weighted by molar-refractivity contribution is 5.98. The lowest BCUT2D eigenvalue weighted by Gasteiger charge is -2.14. The number of fused-ring (bicyclic) bond motifs is 1. The third-order valence-electron chi connectivity index (χ3n) is 3.89. The molecule has 4 aromatic rings. The van der Waals surface area contributed by atoms with E-state index in [0.29, 0.717) is 16.5 Å². The first-order chi connectivity index (χ1) is 13.1. The monoisotopic (exact) mass is 361 g/mol. The van der Waals surface area contributed by atoms with Gasteiger partial charge >= 0.3 is 0 Å². The number of amides is 1. The predicted octanol–water partition coefficient (Wildman–Crippen LogP) is 2.38. The van der Waals surface area contributed by atoms with E-state index in [9.17, 15) is 14.0 Å². The molecule has 0 fully saturated rings. The van der Waals surface area contributed by atoms with Crippen molar-refractivity contribution in [1.82, 2.24) is 19.6 Å². The molecule has 8 heteroatoms. The van der Waals surface area contributed by atoms with Gasteiger partial charge in [0.25, 0.3) is 11.5 Å². The smallest absolute Gasteiger partial charge is 0.267 e. The van der Waals surface area contributed by atoms with Crippen molar-refractivity contribution in [3.05, 3.63) is 89.0 Å². The molecule has 0 aliphatic rings. The maximum absolute atomic E-state index is 13.3. The van der Waals surface area contributed by atoms with Gasteiger partial charge in [0.2, 0.25) is 0 Å². The lowest BCUT2D eigenvalue weighted by molar-refractivity contribution is 0.100. The molecule has 1 amide bonds. The summed E-state index contributed by atoms with van der Waals surface area (Å²) in [6, 6.07) is 12.2. The maximum atomic E-state index is 13.3. The van der Waals surface area contributed by atoms with Crippen LogP contribution in [0.25, 0.3) is 22.3 Å². The fraction of sp³-hybridized carbons (Fsp3) is 0. The molecule has 2 heterocycles. The summed E-state index contributed by atoms with van der Waals surface area (Å²) in [5.74, 6) is -0.862. The minimum Gasteiger partial charge on any atom is -0.267 e. The summed E-state index contributed by atoms with van der Waals surface area (Å²) in [5.41, 5.74) is 3.03. The van der Waals surface area contributed by atoms with Crippen molar-refractivity contribution in [2.75, 3.05) is 5.43 Å². The average Bonchev–Trinajstić information content (AvgIpc) is 2.71. The predicted molar refractivity (Wildman–Crippen MR) is 97.1 cm³/mol. The summed E-state index contributed by atoms with van der Waals surface area (Å²) in [5, 5.41) is 0.336. The Morgan fingerprint density at radius 3 is 2.56 bits per heavy atom. The zero-order valence-electron chi connectivity index (χ0n) is 13.8. The van der Waals surface area contributed by atoms with Crippen molar-refractivity contribution >= 4 is 16.8 Å². The molecule has 0 unspecified atom stereocenters. The van der Waals surface area contributed by atoms with E-state index in [2.05, 4.69) is 20.4 Å². The Bertz CT molecular complexity index is 1190. The number of carbonyl (C=O) groups excluding carboxylic acids is 1. The van der Waals surface area contributed by atoms with Gasteiger partial charge in [0.1, 0.15) is 11.5 Å². The summed E-state index contributed by atoms with van der Waals surface area (Å²) in [4.78, 5) is 37.7. The van der Waals surface area contributed by atoms with Gasteiger partial charge in [0, 0.05) is 18.0 Å². The summed E-state index contributed by atoms with van der Waals surface area (Å²) < 4.78 is 14.3. The lowest BCUT2D eigenvalue weighted by Crippen LogP contribution is -2.35. The van der Waals surface area contributed by atoms with Crippen LogP contribution in [0.2, 0.25) is 0 Å². The standard InChI is InChI=1S/C19H12FN5O2/c20-13-7-5-12(6-8-13)17-23-15-4-2-1-3-14(15)19(27)25(17)24-18(26)16-11-21-9-10-22-16/h1-11H,(H,24,26). The van der Waals surface area contributed by atoms with E-state index in [-0.39, 0.29) is 11.5 Å². The van der Waals surface area contributed by atoms with Crippen molar-refractivity contribution in [3.63, 3.8) is 0 Å². The molecule has 27 heavy (non-hydrogen) atoms. The van der Waals surface area contributed by atoms with Crippen LogP contribution in [0.4, 0.5) is 4.39 Å². The van der Waals surface area contributed by atoms with Crippen molar-refractivity contribution in [1.29, 1.82) is 0 Å². The average molecular weight is 361 g/mol. The van der Waals surface area contributed by atoms with E-state index >= 15 is 0 Å². The molecule has 7 nitrogen and oxygen atoms in total. The van der Waals surface area contributed by atoms with E-state index in [1.807, 2.05) is 0 Å². The SMILES string of the molecule is O=C(Nn1c(-c2ccc(F)cc2)nc2ccccc2c1=O)c1cnccn1. The molecule has 2 aromatic carbocycles. The highest BCUT2D eigenvalue weighted by Crippen LogP contribution is 2.18. The van der Waals surface area contributed by atoms with Gasteiger partial charge in [0.05, 0.1) is 17.1 Å². The van der Waals surface area contributed by atoms with Crippen LogP contribution in [0.5, 0.6) is 0 Å². The zero-order chi connectivity index (χ0) is 18.8. The fourth-order valence-electron chi connectivity index (χ4n) is 2.60. The molecular formula is C19H12FN5O2. The van der Waals surface area contributed by atoms with Crippen LogP contribution in [0.1, 0.15) is 10.5 Å². The van der Waals surface area contributed by atoms with Crippen LogP contribution in [0, 0.1) is 5.82 Å². The quantitative estimate of drug-likeness (QED) is 0.605. The minimum absolute atomic E-state index is 0.0441. The van der Waals surface area contributed by atoms with E-state index in [1.165, 1.54) is 42.9 Å². The van der Waals surface area contributed by atoms with E-state index in [1.54, 1.807) is 24.3 Å². The van der Waals surface area contributed by atoms with Gasteiger partial charge in [-0.05, 0) is 36.4 Å². The summed E-state index contributed by atoms with van der Waals surface area (Å²) in [7, 11) is 0. The Balaban J connectivity index is 1.90. The molecule has 0 radical (unpaired) electrons. The Labute approximate surface area is 152 Å².